The highest BCUT2D eigenvalue weighted by Crippen LogP contribution is 2.28. The van der Waals surface area contributed by atoms with Gasteiger partial charge in [0.05, 0.1) is 0 Å². The highest BCUT2D eigenvalue weighted by atomic mass is 14.9. The van der Waals surface area contributed by atoms with E-state index in [1.54, 1.807) is 0 Å². The lowest BCUT2D eigenvalue weighted by molar-refractivity contribution is 1.01. The predicted molar refractivity (Wildman–Crippen MR) is 121 cm³/mol. The lowest BCUT2D eigenvalue weighted by Crippen LogP contribution is -1.84. The second-order valence-corrected chi connectivity index (χ2v) is 7.19. The van der Waals surface area contributed by atoms with Crippen molar-refractivity contribution in [1.29, 1.82) is 0 Å². The summed E-state index contributed by atoms with van der Waals surface area (Å²) in [5.74, 6) is 0. The van der Waals surface area contributed by atoms with Crippen molar-refractivity contribution in [2.24, 2.45) is 14.1 Å². The molecule has 0 spiro atoms. The van der Waals surface area contributed by atoms with E-state index in [2.05, 4.69) is 120 Å². The highest BCUT2D eigenvalue weighted by Gasteiger charge is 2.06. The molecule has 0 atom stereocenters. The van der Waals surface area contributed by atoms with Crippen LogP contribution >= 0.6 is 0 Å². The molecule has 0 saturated carbocycles. The molecule has 0 amide bonds. The van der Waals surface area contributed by atoms with Crippen LogP contribution in [0.3, 0.4) is 0 Å². The number of benzene rings is 4. The Morgan fingerprint density at radius 1 is 0.357 bits per heavy atom. The molecule has 2 nitrogen and oxygen atoms in total. The van der Waals surface area contributed by atoms with Gasteiger partial charge in [0.15, 0.2) is 0 Å². The SMILES string of the molecule is Cn1c2ccccc2c2ccccc21.Cn1c2ccccc2c2ccccc21. The Bertz CT molecular complexity index is 1210. The van der Waals surface area contributed by atoms with Gasteiger partial charge in [0.25, 0.3) is 0 Å². The van der Waals surface area contributed by atoms with Crippen LogP contribution in [0.5, 0.6) is 0 Å². The first kappa shape index (κ1) is 16.6. The van der Waals surface area contributed by atoms with Crippen molar-refractivity contribution in [3.8, 4) is 0 Å². The molecule has 2 aromatic heterocycles. The summed E-state index contributed by atoms with van der Waals surface area (Å²) in [6, 6.07) is 34.1. The summed E-state index contributed by atoms with van der Waals surface area (Å²) in [5, 5.41) is 5.35. The Hall–Kier alpha value is -3.52. The zero-order valence-electron chi connectivity index (χ0n) is 16.1. The zero-order valence-corrected chi connectivity index (χ0v) is 16.1. The summed E-state index contributed by atoms with van der Waals surface area (Å²) >= 11 is 0. The summed E-state index contributed by atoms with van der Waals surface area (Å²) in [4.78, 5) is 0. The Kier molecular flexibility index (Phi) is 3.91. The maximum Gasteiger partial charge on any atom is 0.0488 e. The summed E-state index contributed by atoms with van der Waals surface area (Å²) in [6.07, 6.45) is 0. The lowest BCUT2D eigenvalue weighted by Gasteiger charge is -1.95. The van der Waals surface area contributed by atoms with Gasteiger partial charge in [-0.1, -0.05) is 72.8 Å². The van der Waals surface area contributed by atoms with E-state index in [4.69, 9.17) is 0 Å². The van der Waals surface area contributed by atoms with E-state index in [1.165, 1.54) is 43.6 Å². The minimum atomic E-state index is 1.30. The van der Waals surface area contributed by atoms with Crippen LogP contribution < -0.4 is 0 Å². The fourth-order valence-electron chi connectivity index (χ4n) is 4.24. The lowest BCUT2D eigenvalue weighted by atomic mass is 10.2. The van der Waals surface area contributed by atoms with Gasteiger partial charge in [-0.25, -0.2) is 0 Å². The molecule has 0 aliphatic carbocycles. The van der Waals surface area contributed by atoms with E-state index in [0.29, 0.717) is 0 Å². The maximum atomic E-state index is 2.24. The molecule has 2 heteroatoms. The number of aromatic nitrogens is 2. The molecule has 0 aliphatic rings. The third kappa shape index (κ3) is 2.49. The fourth-order valence-corrected chi connectivity index (χ4v) is 4.24. The molecule has 0 fully saturated rings. The average Bonchev–Trinajstić information content (AvgIpc) is 3.22. The number of rotatable bonds is 0. The largest absolute Gasteiger partial charge is 0.344 e. The Labute approximate surface area is 164 Å². The molecule has 0 bridgehead atoms. The monoisotopic (exact) mass is 362 g/mol. The molecular weight excluding hydrogens is 340 g/mol. The van der Waals surface area contributed by atoms with Crippen molar-refractivity contribution < 1.29 is 0 Å². The van der Waals surface area contributed by atoms with Crippen molar-refractivity contribution in [3.63, 3.8) is 0 Å². The van der Waals surface area contributed by atoms with Crippen LogP contribution in [0.25, 0.3) is 43.6 Å². The summed E-state index contributed by atoms with van der Waals surface area (Å²) < 4.78 is 4.48. The van der Waals surface area contributed by atoms with Gasteiger partial charge in [-0.15, -0.1) is 0 Å². The summed E-state index contributed by atoms with van der Waals surface area (Å²) in [5.41, 5.74) is 5.20. The number of aryl methyl sites for hydroxylation is 2. The van der Waals surface area contributed by atoms with Gasteiger partial charge in [-0.2, -0.15) is 0 Å². The highest BCUT2D eigenvalue weighted by molar-refractivity contribution is 6.08. The zero-order chi connectivity index (χ0) is 19.1. The van der Waals surface area contributed by atoms with Crippen LogP contribution in [0.15, 0.2) is 97.1 Å². The summed E-state index contributed by atoms with van der Waals surface area (Å²) in [7, 11) is 4.23. The third-order valence-corrected chi connectivity index (χ3v) is 5.64. The second kappa shape index (κ2) is 6.58. The van der Waals surface area contributed by atoms with Gasteiger partial charge in [0.1, 0.15) is 0 Å². The van der Waals surface area contributed by atoms with Crippen molar-refractivity contribution in [1.82, 2.24) is 9.13 Å². The van der Waals surface area contributed by atoms with Crippen molar-refractivity contribution in [3.05, 3.63) is 97.1 Å². The number of fused-ring (bicyclic) bond motifs is 6. The van der Waals surface area contributed by atoms with Crippen molar-refractivity contribution in [2.45, 2.75) is 0 Å². The van der Waals surface area contributed by atoms with Crippen molar-refractivity contribution >= 4 is 43.6 Å². The van der Waals surface area contributed by atoms with Crippen LogP contribution in [-0.4, -0.2) is 9.13 Å². The van der Waals surface area contributed by atoms with E-state index >= 15 is 0 Å². The normalized spacial score (nSPS) is 11.2. The van der Waals surface area contributed by atoms with E-state index in [1.807, 2.05) is 0 Å². The molecule has 28 heavy (non-hydrogen) atoms. The van der Waals surface area contributed by atoms with E-state index < -0.39 is 0 Å². The number of nitrogens with zero attached hydrogens (tertiary/aromatic N) is 2. The standard InChI is InChI=1S/2C13H11N/c2*1-14-12-8-4-2-6-10(12)11-7-3-5-9-13(11)14/h2*2-9H,1H3. The van der Waals surface area contributed by atoms with E-state index in [0.717, 1.165) is 0 Å². The van der Waals surface area contributed by atoms with Crippen LogP contribution in [-0.2, 0) is 14.1 Å². The molecule has 0 radical (unpaired) electrons. The van der Waals surface area contributed by atoms with E-state index in [9.17, 15) is 0 Å². The maximum absolute atomic E-state index is 2.24. The average molecular weight is 362 g/mol. The molecule has 6 rings (SSSR count). The second-order valence-electron chi connectivity index (χ2n) is 7.19. The van der Waals surface area contributed by atoms with Crippen LogP contribution in [0.1, 0.15) is 0 Å². The van der Waals surface area contributed by atoms with Gasteiger partial charge >= 0.3 is 0 Å². The van der Waals surface area contributed by atoms with Crippen LogP contribution in [0, 0.1) is 0 Å². The molecule has 0 unspecified atom stereocenters. The number of para-hydroxylation sites is 4. The molecule has 2 heterocycles. The Balaban J connectivity index is 0.000000122. The van der Waals surface area contributed by atoms with Gasteiger partial charge in [0, 0.05) is 57.7 Å². The Morgan fingerprint density at radius 2 is 0.571 bits per heavy atom. The molecule has 136 valence electrons. The van der Waals surface area contributed by atoms with Crippen molar-refractivity contribution in [2.75, 3.05) is 0 Å². The molecule has 6 aromatic rings. The third-order valence-electron chi connectivity index (χ3n) is 5.64. The van der Waals surface area contributed by atoms with Crippen LogP contribution in [0.2, 0.25) is 0 Å². The Morgan fingerprint density at radius 3 is 0.821 bits per heavy atom. The quantitative estimate of drug-likeness (QED) is 0.286. The first-order valence-electron chi connectivity index (χ1n) is 9.60. The van der Waals surface area contributed by atoms with Gasteiger partial charge in [-0.05, 0) is 24.3 Å². The molecular formula is C26H22N2. The topological polar surface area (TPSA) is 9.86 Å². The van der Waals surface area contributed by atoms with Gasteiger partial charge in [-0.3, -0.25) is 0 Å². The van der Waals surface area contributed by atoms with Crippen LogP contribution in [0.4, 0.5) is 0 Å². The first-order valence-corrected chi connectivity index (χ1v) is 9.60. The van der Waals surface area contributed by atoms with E-state index in [-0.39, 0.29) is 0 Å². The van der Waals surface area contributed by atoms with Gasteiger partial charge < -0.3 is 9.13 Å². The number of hydrogen-bond acceptors (Lipinski definition) is 0. The molecule has 0 aliphatic heterocycles. The first-order chi connectivity index (χ1) is 13.8. The molecule has 0 N–H and O–H groups in total. The van der Waals surface area contributed by atoms with Gasteiger partial charge in [0.2, 0.25) is 0 Å². The minimum absolute atomic E-state index is 1.30. The summed E-state index contributed by atoms with van der Waals surface area (Å²) in [6.45, 7) is 0. The molecule has 4 aromatic carbocycles. The smallest absolute Gasteiger partial charge is 0.0488 e. The number of hydrogen-bond donors (Lipinski definition) is 0. The minimum Gasteiger partial charge on any atom is -0.344 e. The molecule has 0 saturated heterocycles. The fraction of sp³-hybridized carbons (Fsp3) is 0.0769. The predicted octanol–water partition coefficient (Wildman–Crippen LogP) is 6.66.